The summed E-state index contributed by atoms with van der Waals surface area (Å²) in [5.74, 6) is 0.275. The highest BCUT2D eigenvalue weighted by molar-refractivity contribution is 5.67. The molecule has 0 saturated heterocycles. The Labute approximate surface area is 154 Å². The van der Waals surface area contributed by atoms with Gasteiger partial charge in [-0.25, -0.2) is 9.48 Å². The molecule has 0 aliphatic carbocycles. The monoisotopic (exact) mass is 354 g/mol. The van der Waals surface area contributed by atoms with Gasteiger partial charge in [0.1, 0.15) is 11.7 Å². The molecular weight excluding hydrogens is 328 g/mol. The molecule has 2 rings (SSSR count). The second-order valence-corrected chi connectivity index (χ2v) is 7.44. The number of amides is 1. The van der Waals surface area contributed by atoms with Gasteiger partial charge in [0.25, 0.3) is 0 Å². The molecular formula is C20H26N4O2. The Morgan fingerprint density at radius 1 is 1.35 bits per heavy atom. The van der Waals surface area contributed by atoms with Gasteiger partial charge >= 0.3 is 6.09 Å². The molecule has 0 spiro atoms. The third-order valence-electron chi connectivity index (χ3n) is 3.76. The Kier molecular flexibility index (Phi) is 6.04. The van der Waals surface area contributed by atoms with E-state index in [0.29, 0.717) is 18.7 Å². The quantitative estimate of drug-likeness (QED) is 0.882. The third kappa shape index (κ3) is 5.09. The average molecular weight is 354 g/mol. The van der Waals surface area contributed by atoms with E-state index >= 15 is 0 Å². The lowest BCUT2D eigenvalue weighted by Gasteiger charge is -2.20. The first-order valence-electron chi connectivity index (χ1n) is 8.76. The van der Waals surface area contributed by atoms with E-state index in [2.05, 4.69) is 36.4 Å². The summed E-state index contributed by atoms with van der Waals surface area (Å²) in [6.45, 7) is 10.3. The Morgan fingerprint density at radius 3 is 2.65 bits per heavy atom. The fourth-order valence-electron chi connectivity index (χ4n) is 2.81. The highest BCUT2D eigenvalue weighted by Crippen LogP contribution is 2.27. The lowest BCUT2D eigenvalue weighted by molar-refractivity contribution is 0.0528. The van der Waals surface area contributed by atoms with Gasteiger partial charge in [0.2, 0.25) is 0 Å². The summed E-state index contributed by atoms with van der Waals surface area (Å²) in [7, 11) is 0. The number of nitriles is 1. The van der Waals surface area contributed by atoms with Gasteiger partial charge in [0.15, 0.2) is 5.69 Å². The van der Waals surface area contributed by atoms with Crippen molar-refractivity contribution < 1.29 is 9.53 Å². The van der Waals surface area contributed by atoms with Crippen LogP contribution in [0, 0.1) is 11.3 Å². The maximum absolute atomic E-state index is 11.8. The highest BCUT2D eigenvalue weighted by atomic mass is 16.6. The van der Waals surface area contributed by atoms with Crippen LogP contribution >= 0.6 is 0 Å². The molecule has 1 aromatic carbocycles. The van der Waals surface area contributed by atoms with Crippen molar-refractivity contribution in [3.05, 3.63) is 47.3 Å². The largest absolute Gasteiger partial charge is 0.444 e. The number of nitrogens with zero attached hydrogens (tertiary/aromatic N) is 3. The van der Waals surface area contributed by atoms with E-state index in [1.54, 1.807) is 16.9 Å². The summed E-state index contributed by atoms with van der Waals surface area (Å²) < 4.78 is 7.00. The van der Waals surface area contributed by atoms with Gasteiger partial charge < -0.3 is 10.1 Å². The van der Waals surface area contributed by atoms with Crippen LogP contribution in [0.3, 0.4) is 0 Å². The Morgan fingerprint density at radius 2 is 2.08 bits per heavy atom. The SMILES string of the molecule is CC(C)c1c(CCNC(=O)OC(C)(C)C)cccc1-n1ccc(C#N)n1. The number of carbonyl (C=O) groups excluding carboxylic acids is 1. The first kappa shape index (κ1) is 19.5. The second-order valence-electron chi connectivity index (χ2n) is 7.44. The maximum atomic E-state index is 11.8. The molecule has 1 N–H and O–H groups in total. The average Bonchev–Trinajstić information content (AvgIpc) is 3.01. The maximum Gasteiger partial charge on any atom is 0.407 e. The predicted octanol–water partition coefficient (Wildman–Crippen LogP) is 3.93. The summed E-state index contributed by atoms with van der Waals surface area (Å²) in [4.78, 5) is 11.8. The zero-order valence-corrected chi connectivity index (χ0v) is 16.0. The highest BCUT2D eigenvalue weighted by Gasteiger charge is 2.17. The summed E-state index contributed by atoms with van der Waals surface area (Å²) in [5, 5.41) is 16.1. The van der Waals surface area contributed by atoms with Crippen molar-refractivity contribution in [1.29, 1.82) is 5.26 Å². The van der Waals surface area contributed by atoms with Crippen LogP contribution in [0.4, 0.5) is 4.79 Å². The Balaban J connectivity index is 2.17. The van der Waals surface area contributed by atoms with Crippen LogP contribution in [0.25, 0.3) is 5.69 Å². The number of aromatic nitrogens is 2. The number of alkyl carbamates (subject to hydrolysis) is 1. The summed E-state index contributed by atoms with van der Waals surface area (Å²) >= 11 is 0. The molecule has 26 heavy (non-hydrogen) atoms. The van der Waals surface area contributed by atoms with Crippen LogP contribution in [0.15, 0.2) is 30.5 Å². The van der Waals surface area contributed by atoms with Gasteiger partial charge in [-0.3, -0.25) is 0 Å². The molecule has 0 bridgehead atoms. The summed E-state index contributed by atoms with van der Waals surface area (Å²) in [5.41, 5.74) is 3.13. The normalized spacial score (nSPS) is 11.3. The van der Waals surface area contributed by atoms with Crippen LogP contribution in [-0.2, 0) is 11.2 Å². The molecule has 1 heterocycles. The molecule has 138 valence electrons. The summed E-state index contributed by atoms with van der Waals surface area (Å²) in [6.07, 6.45) is 2.07. The molecule has 0 atom stereocenters. The lowest BCUT2D eigenvalue weighted by Crippen LogP contribution is -2.33. The molecule has 0 aliphatic heterocycles. The first-order chi connectivity index (χ1) is 12.2. The number of benzene rings is 1. The standard InChI is InChI=1S/C20H26N4O2/c1-14(2)18-15(9-11-22-19(25)26-20(3,4)5)7-6-8-17(18)24-12-10-16(13-21)23-24/h6-8,10,12,14H,9,11H2,1-5H3,(H,22,25). The number of ether oxygens (including phenoxy) is 1. The van der Waals surface area contributed by atoms with Crippen molar-refractivity contribution in [2.24, 2.45) is 0 Å². The van der Waals surface area contributed by atoms with E-state index in [1.165, 1.54) is 0 Å². The van der Waals surface area contributed by atoms with Crippen molar-refractivity contribution >= 4 is 6.09 Å². The molecule has 0 fully saturated rings. The van der Waals surface area contributed by atoms with Gasteiger partial charge in [0.05, 0.1) is 5.69 Å². The second kappa shape index (κ2) is 8.05. The minimum absolute atomic E-state index is 0.275. The van der Waals surface area contributed by atoms with Gasteiger partial charge in [-0.05, 0) is 56.4 Å². The van der Waals surface area contributed by atoms with Crippen LogP contribution in [0.5, 0.6) is 0 Å². The van der Waals surface area contributed by atoms with Gasteiger partial charge in [-0.15, -0.1) is 0 Å². The molecule has 6 heteroatoms. The van der Waals surface area contributed by atoms with Crippen molar-refractivity contribution in [3.63, 3.8) is 0 Å². The van der Waals surface area contributed by atoms with E-state index in [9.17, 15) is 4.79 Å². The first-order valence-corrected chi connectivity index (χ1v) is 8.76. The minimum atomic E-state index is -0.508. The fraction of sp³-hybridized carbons (Fsp3) is 0.450. The topological polar surface area (TPSA) is 79.9 Å². The number of hydrogen-bond donors (Lipinski definition) is 1. The van der Waals surface area contributed by atoms with Crippen LogP contribution in [0.2, 0.25) is 0 Å². The number of hydrogen-bond acceptors (Lipinski definition) is 4. The van der Waals surface area contributed by atoms with Crippen molar-refractivity contribution in [1.82, 2.24) is 15.1 Å². The van der Waals surface area contributed by atoms with Gasteiger partial charge in [-0.1, -0.05) is 26.0 Å². The lowest BCUT2D eigenvalue weighted by atomic mass is 9.93. The van der Waals surface area contributed by atoms with Crippen molar-refractivity contribution in [2.45, 2.75) is 52.6 Å². The summed E-state index contributed by atoms with van der Waals surface area (Å²) in [6, 6.07) is 9.77. The van der Waals surface area contributed by atoms with Crippen LogP contribution < -0.4 is 5.32 Å². The molecule has 0 unspecified atom stereocenters. The number of rotatable bonds is 5. The van der Waals surface area contributed by atoms with Gasteiger partial charge in [-0.2, -0.15) is 10.4 Å². The fourth-order valence-corrected chi connectivity index (χ4v) is 2.81. The smallest absolute Gasteiger partial charge is 0.407 e. The zero-order valence-electron chi connectivity index (χ0n) is 16.0. The molecule has 0 radical (unpaired) electrons. The number of carbonyl (C=O) groups is 1. The van der Waals surface area contributed by atoms with E-state index in [1.807, 2.05) is 32.9 Å². The molecule has 2 aromatic rings. The van der Waals surface area contributed by atoms with Crippen molar-refractivity contribution in [2.75, 3.05) is 6.54 Å². The Hall–Kier alpha value is -2.81. The van der Waals surface area contributed by atoms with Crippen LogP contribution in [0.1, 0.15) is 57.4 Å². The van der Waals surface area contributed by atoms with Crippen LogP contribution in [-0.4, -0.2) is 28.0 Å². The third-order valence-corrected chi connectivity index (χ3v) is 3.76. The number of nitrogens with one attached hydrogen (secondary N) is 1. The predicted molar refractivity (Wildman–Crippen MR) is 100 cm³/mol. The molecule has 1 aromatic heterocycles. The zero-order chi connectivity index (χ0) is 19.3. The van der Waals surface area contributed by atoms with E-state index < -0.39 is 11.7 Å². The van der Waals surface area contributed by atoms with Crippen molar-refractivity contribution in [3.8, 4) is 11.8 Å². The van der Waals surface area contributed by atoms with Gasteiger partial charge in [0, 0.05) is 12.7 Å². The minimum Gasteiger partial charge on any atom is -0.444 e. The molecule has 0 aliphatic rings. The molecule has 1 amide bonds. The van der Waals surface area contributed by atoms with E-state index in [-0.39, 0.29) is 5.92 Å². The van der Waals surface area contributed by atoms with E-state index in [4.69, 9.17) is 10.00 Å². The molecule has 0 saturated carbocycles. The Bertz CT molecular complexity index is 810. The molecule has 6 nitrogen and oxygen atoms in total. The van der Waals surface area contributed by atoms with E-state index in [0.717, 1.165) is 16.8 Å².